The molecule has 0 radical (unpaired) electrons. The Morgan fingerprint density at radius 2 is 1.56 bits per heavy atom. The molecule has 0 fully saturated rings. The molecule has 4 heteroatoms. The molecule has 0 saturated carbocycles. The zero-order valence-corrected chi connectivity index (χ0v) is 17.0. The van der Waals surface area contributed by atoms with Crippen LogP contribution in [0.2, 0.25) is 0 Å². The Morgan fingerprint density at radius 3 is 2.04 bits per heavy atom. The minimum atomic E-state index is -0.444. The van der Waals surface area contributed by atoms with E-state index >= 15 is 0 Å². The summed E-state index contributed by atoms with van der Waals surface area (Å²) in [5.41, 5.74) is 3.01. The summed E-state index contributed by atoms with van der Waals surface area (Å²) in [5.74, 6) is -0.653. The molecular formula is C23H32O4. The van der Waals surface area contributed by atoms with Gasteiger partial charge in [0.2, 0.25) is 0 Å². The first-order chi connectivity index (χ1) is 13.0. The van der Waals surface area contributed by atoms with Gasteiger partial charge in [0.1, 0.15) is 11.6 Å². The summed E-state index contributed by atoms with van der Waals surface area (Å²) in [4.78, 5) is 35.5. The Labute approximate surface area is 163 Å². The van der Waals surface area contributed by atoms with Crippen molar-refractivity contribution in [2.24, 2.45) is 5.92 Å². The van der Waals surface area contributed by atoms with Gasteiger partial charge in [0.25, 0.3) is 0 Å². The van der Waals surface area contributed by atoms with Gasteiger partial charge in [0.15, 0.2) is 0 Å². The highest BCUT2D eigenvalue weighted by Gasteiger charge is 2.23. The van der Waals surface area contributed by atoms with Gasteiger partial charge in [-0.1, -0.05) is 44.6 Å². The second-order valence-electron chi connectivity index (χ2n) is 6.67. The number of carbonyl (C=O) groups is 3. The van der Waals surface area contributed by atoms with E-state index in [-0.39, 0.29) is 17.5 Å². The Hall–Kier alpha value is -2.23. The van der Waals surface area contributed by atoms with Gasteiger partial charge in [-0.3, -0.25) is 9.59 Å². The molecule has 0 aromatic heterocycles. The van der Waals surface area contributed by atoms with E-state index in [0.29, 0.717) is 24.8 Å². The molecule has 0 heterocycles. The number of aryl methyl sites for hydroxylation is 1. The lowest BCUT2D eigenvalue weighted by Gasteiger charge is -2.14. The van der Waals surface area contributed by atoms with E-state index in [1.165, 1.54) is 12.7 Å². The van der Waals surface area contributed by atoms with Crippen LogP contribution in [0.15, 0.2) is 35.9 Å². The molecule has 1 aromatic carbocycles. The number of methoxy groups -OCH3 is 1. The van der Waals surface area contributed by atoms with Gasteiger partial charge < -0.3 is 4.74 Å². The van der Waals surface area contributed by atoms with Crippen molar-refractivity contribution in [2.45, 2.75) is 65.7 Å². The van der Waals surface area contributed by atoms with E-state index in [4.69, 9.17) is 4.74 Å². The molecule has 0 spiro atoms. The second-order valence-corrected chi connectivity index (χ2v) is 6.67. The van der Waals surface area contributed by atoms with Crippen LogP contribution in [-0.4, -0.2) is 24.6 Å². The third-order valence-corrected chi connectivity index (χ3v) is 4.92. The van der Waals surface area contributed by atoms with E-state index in [0.717, 1.165) is 31.2 Å². The monoisotopic (exact) mass is 372 g/mol. The Morgan fingerprint density at radius 1 is 0.963 bits per heavy atom. The smallest absolute Gasteiger partial charge is 0.337 e. The van der Waals surface area contributed by atoms with Crippen molar-refractivity contribution in [2.75, 3.05) is 7.11 Å². The molecule has 0 unspecified atom stereocenters. The lowest BCUT2D eigenvalue weighted by molar-refractivity contribution is -0.132. The first-order valence-electron chi connectivity index (χ1n) is 9.87. The van der Waals surface area contributed by atoms with Crippen molar-refractivity contribution in [3.8, 4) is 0 Å². The summed E-state index contributed by atoms with van der Waals surface area (Å²) in [7, 11) is 1.38. The van der Waals surface area contributed by atoms with E-state index in [1.54, 1.807) is 12.1 Å². The second kappa shape index (κ2) is 12.2. The van der Waals surface area contributed by atoms with Gasteiger partial charge in [-0.15, -0.1) is 0 Å². The molecule has 0 aliphatic rings. The highest BCUT2D eigenvalue weighted by Crippen LogP contribution is 2.20. The number of rotatable bonds is 12. The van der Waals surface area contributed by atoms with Crippen molar-refractivity contribution in [1.29, 1.82) is 0 Å². The highest BCUT2D eigenvalue weighted by atomic mass is 16.5. The van der Waals surface area contributed by atoms with Crippen molar-refractivity contribution in [1.82, 2.24) is 0 Å². The lowest BCUT2D eigenvalue weighted by Crippen LogP contribution is -2.23. The zero-order valence-electron chi connectivity index (χ0n) is 17.0. The Kier molecular flexibility index (Phi) is 10.3. The molecule has 1 aromatic rings. The first-order valence-corrected chi connectivity index (χ1v) is 9.87. The molecule has 27 heavy (non-hydrogen) atoms. The molecule has 0 bridgehead atoms. The van der Waals surface area contributed by atoms with Gasteiger partial charge in [-0.2, -0.15) is 0 Å². The maximum Gasteiger partial charge on any atom is 0.337 e. The van der Waals surface area contributed by atoms with Crippen LogP contribution in [-0.2, 0) is 20.7 Å². The number of ketones is 2. The number of allylic oxidation sites excluding steroid dienone is 2. The maximum absolute atomic E-state index is 12.0. The zero-order chi connectivity index (χ0) is 20.2. The van der Waals surface area contributed by atoms with Crippen molar-refractivity contribution in [3.63, 3.8) is 0 Å². The summed E-state index contributed by atoms with van der Waals surface area (Å²) >= 11 is 0. The van der Waals surface area contributed by atoms with Gasteiger partial charge in [0, 0.05) is 12.8 Å². The number of hydrogen-bond acceptors (Lipinski definition) is 4. The molecule has 0 saturated heterocycles. The van der Waals surface area contributed by atoms with Gasteiger partial charge in [-0.05, 0) is 49.8 Å². The molecule has 4 nitrogen and oxygen atoms in total. The molecule has 0 aliphatic heterocycles. The van der Waals surface area contributed by atoms with E-state index < -0.39 is 5.92 Å². The standard InChI is InChI=1S/C23H32O4/c1-5-17(13-16-20(21(24)6-2)22(25)7-3)9-8-10-18-11-14-19(15-12-18)23(26)27-4/h9,11-12,14-15,20H,5-8,10,13,16H2,1-4H3/b17-9+. The fourth-order valence-corrected chi connectivity index (χ4v) is 3.12. The molecule has 0 aliphatic carbocycles. The Balaban J connectivity index is 2.60. The summed E-state index contributed by atoms with van der Waals surface area (Å²) < 4.78 is 4.70. The highest BCUT2D eigenvalue weighted by molar-refractivity contribution is 6.02. The average Bonchev–Trinajstić information content (AvgIpc) is 2.71. The van der Waals surface area contributed by atoms with Crippen LogP contribution in [0.1, 0.15) is 75.2 Å². The SMILES string of the molecule is CCC(=O)C(CC/C(=C/CCc1ccc(C(=O)OC)cc1)CC)C(=O)CC. The molecule has 1 rings (SSSR count). The first kappa shape index (κ1) is 22.8. The maximum atomic E-state index is 12.0. The fourth-order valence-electron chi connectivity index (χ4n) is 3.12. The summed E-state index contributed by atoms with van der Waals surface area (Å²) in [6, 6.07) is 7.45. The van der Waals surface area contributed by atoms with Crippen molar-refractivity contribution >= 4 is 17.5 Å². The van der Waals surface area contributed by atoms with E-state index in [9.17, 15) is 14.4 Å². The van der Waals surface area contributed by atoms with Crippen molar-refractivity contribution < 1.29 is 19.1 Å². The summed E-state index contributed by atoms with van der Waals surface area (Å²) in [5, 5.41) is 0. The predicted octanol–water partition coefficient (Wildman–Crippen LogP) is 5.10. The number of benzene rings is 1. The number of ether oxygens (including phenoxy) is 1. The number of esters is 1. The van der Waals surface area contributed by atoms with Crippen LogP contribution < -0.4 is 0 Å². The van der Waals surface area contributed by atoms with Crippen LogP contribution in [0.5, 0.6) is 0 Å². The quantitative estimate of drug-likeness (QED) is 0.291. The number of Topliss-reactive ketones (excluding diaryl/α,β-unsaturated/α-hetero) is 2. The third-order valence-electron chi connectivity index (χ3n) is 4.92. The summed E-state index contributed by atoms with van der Waals surface area (Å²) in [6.07, 6.45) is 7.18. The summed E-state index contributed by atoms with van der Waals surface area (Å²) in [6.45, 7) is 5.75. The molecule has 0 N–H and O–H groups in total. The Bertz CT molecular complexity index is 639. The van der Waals surface area contributed by atoms with E-state index in [2.05, 4.69) is 13.0 Å². The van der Waals surface area contributed by atoms with Gasteiger partial charge >= 0.3 is 5.97 Å². The number of hydrogen-bond donors (Lipinski definition) is 0. The molecule has 0 atom stereocenters. The van der Waals surface area contributed by atoms with Gasteiger partial charge in [0.05, 0.1) is 18.6 Å². The minimum absolute atomic E-state index is 0.0583. The molecule has 148 valence electrons. The van der Waals surface area contributed by atoms with Crippen LogP contribution >= 0.6 is 0 Å². The van der Waals surface area contributed by atoms with E-state index in [1.807, 2.05) is 26.0 Å². The van der Waals surface area contributed by atoms with Gasteiger partial charge in [-0.25, -0.2) is 4.79 Å². The molecular weight excluding hydrogens is 340 g/mol. The number of carbonyl (C=O) groups excluding carboxylic acids is 3. The minimum Gasteiger partial charge on any atom is -0.465 e. The largest absolute Gasteiger partial charge is 0.465 e. The van der Waals surface area contributed by atoms with Crippen LogP contribution in [0, 0.1) is 5.92 Å². The topological polar surface area (TPSA) is 60.4 Å². The average molecular weight is 373 g/mol. The third kappa shape index (κ3) is 7.49. The lowest BCUT2D eigenvalue weighted by atomic mass is 9.88. The van der Waals surface area contributed by atoms with Crippen LogP contribution in [0.3, 0.4) is 0 Å². The van der Waals surface area contributed by atoms with Crippen LogP contribution in [0.4, 0.5) is 0 Å². The fraction of sp³-hybridized carbons (Fsp3) is 0.522. The van der Waals surface area contributed by atoms with Crippen LogP contribution in [0.25, 0.3) is 0 Å². The normalized spacial score (nSPS) is 11.5. The molecule has 0 amide bonds. The predicted molar refractivity (Wildman–Crippen MR) is 108 cm³/mol. The van der Waals surface area contributed by atoms with Crippen molar-refractivity contribution in [3.05, 3.63) is 47.0 Å².